The summed E-state index contributed by atoms with van der Waals surface area (Å²) in [5, 5.41) is 0. The van der Waals surface area contributed by atoms with Gasteiger partial charge in [-0.15, -0.1) is 0 Å². The number of nitrogens with two attached hydrogens (primary N) is 1. The number of rotatable bonds is 10. The Morgan fingerprint density at radius 2 is 1.93 bits per heavy atom. The van der Waals surface area contributed by atoms with E-state index in [1.165, 1.54) is 26.1 Å². The molecule has 0 bridgehead atoms. The van der Waals surface area contributed by atoms with Crippen LogP contribution < -0.4 is 10.5 Å². The van der Waals surface area contributed by atoms with Crippen LogP contribution in [0.5, 0.6) is 5.88 Å². The van der Waals surface area contributed by atoms with Gasteiger partial charge in [-0.05, 0) is 51.6 Å². The van der Waals surface area contributed by atoms with Crippen molar-refractivity contribution in [3.63, 3.8) is 0 Å². The number of halogens is 1. The Hall–Kier alpha value is -1.79. The van der Waals surface area contributed by atoms with Crippen molar-refractivity contribution in [3.8, 4) is 5.88 Å². The molecule has 152 valence electrons. The molecule has 2 heterocycles. The molecule has 5 nitrogen and oxygen atoms in total. The third-order valence-corrected chi connectivity index (χ3v) is 4.69. The molecule has 27 heavy (non-hydrogen) atoms. The Morgan fingerprint density at radius 1 is 1.19 bits per heavy atom. The summed E-state index contributed by atoms with van der Waals surface area (Å²) in [7, 11) is 3.05. The smallest absolute Gasteiger partial charge is 0.213 e. The van der Waals surface area contributed by atoms with Crippen LogP contribution in [0.2, 0.25) is 0 Å². The maximum atomic E-state index is 14.3. The van der Waals surface area contributed by atoms with Gasteiger partial charge in [0.1, 0.15) is 5.82 Å². The molecule has 0 aromatic carbocycles. The number of ether oxygens (including phenoxy) is 2. The zero-order chi connectivity index (χ0) is 20.2. The molecule has 0 aliphatic carbocycles. The fraction of sp³-hybridized carbons (Fsp3) is 0.619. The highest BCUT2D eigenvalue weighted by Crippen LogP contribution is 2.23. The summed E-state index contributed by atoms with van der Waals surface area (Å²) in [6.45, 7) is 7.28. The third-order valence-electron chi connectivity index (χ3n) is 4.69. The molecule has 0 fully saturated rings. The average Bonchev–Trinajstić information content (AvgIpc) is 2.71. The van der Waals surface area contributed by atoms with Gasteiger partial charge in [0, 0.05) is 18.2 Å². The maximum Gasteiger partial charge on any atom is 0.213 e. The van der Waals surface area contributed by atoms with Crippen LogP contribution in [0.3, 0.4) is 0 Å². The van der Waals surface area contributed by atoms with Gasteiger partial charge in [0.05, 0.1) is 30.4 Å². The molecule has 2 aromatic rings. The van der Waals surface area contributed by atoms with E-state index in [9.17, 15) is 4.39 Å². The quantitative estimate of drug-likeness (QED) is 0.615. The second-order valence-electron chi connectivity index (χ2n) is 6.68. The van der Waals surface area contributed by atoms with Gasteiger partial charge >= 0.3 is 0 Å². The molecule has 0 saturated heterocycles. The van der Waals surface area contributed by atoms with Crippen molar-refractivity contribution in [2.24, 2.45) is 11.7 Å². The highest BCUT2D eigenvalue weighted by Gasteiger charge is 2.13. The van der Waals surface area contributed by atoms with E-state index < -0.39 is 0 Å². The summed E-state index contributed by atoms with van der Waals surface area (Å²) in [6.07, 6.45) is 6.14. The van der Waals surface area contributed by atoms with Crippen molar-refractivity contribution >= 4 is 11.0 Å². The zero-order valence-corrected chi connectivity index (χ0v) is 17.3. The SMILES string of the molecule is CCC(C)CCCOC(C)CCc1c(F)cnc2ccc(OC)nc12.CN. The summed E-state index contributed by atoms with van der Waals surface area (Å²) in [5.74, 6) is 0.893. The van der Waals surface area contributed by atoms with Gasteiger partial charge in [0.2, 0.25) is 5.88 Å². The summed E-state index contributed by atoms with van der Waals surface area (Å²) in [5.41, 5.74) is 6.33. The molecule has 2 aromatic heterocycles. The number of methoxy groups -OCH3 is 1. The van der Waals surface area contributed by atoms with E-state index in [4.69, 9.17) is 9.47 Å². The number of nitrogens with zero attached hydrogens (tertiary/aromatic N) is 2. The Bertz CT molecular complexity index is 682. The molecule has 2 N–H and O–H groups in total. The van der Waals surface area contributed by atoms with Gasteiger partial charge in [-0.1, -0.05) is 20.3 Å². The first-order valence-electron chi connectivity index (χ1n) is 9.72. The summed E-state index contributed by atoms with van der Waals surface area (Å²) in [4.78, 5) is 8.48. The lowest BCUT2D eigenvalue weighted by atomic mass is 10.0. The monoisotopic (exact) mass is 379 g/mol. The van der Waals surface area contributed by atoms with Crippen LogP contribution in [-0.4, -0.2) is 36.8 Å². The second-order valence-corrected chi connectivity index (χ2v) is 6.68. The molecule has 0 amide bonds. The summed E-state index contributed by atoms with van der Waals surface area (Å²) >= 11 is 0. The molecule has 0 saturated carbocycles. The predicted octanol–water partition coefficient (Wildman–Crippen LogP) is 4.52. The normalized spacial score (nSPS) is 13.0. The summed E-state index contributed by atoms with van der Waals surface area (Å²) in [6, 6.07) is 3.54. The highest BCUT2D eigenvalue weighted by atomic mass is 19.1. The predicted molar refractivity (Wildman–Crippen MR) is 109 cm³/mol. The van der Waals surface area contributed by atoms with E-state index in [0.717, 1.165) is 25.4 Å². The van der Waals surface area contributed by atoms with Crippen molar-refractivity contribution < 1.29 is 13.9 Å². The maximum absolute atomic E-state index is 14.3. The van der Waals surface area contributed by atoms with Gasteiger partial charge in [0.25, 0.3) is 0 Å². The Labute approximate surface area is 162 Å². The number of aromatic nitrogens is 2. The van der Waals surface area contributed by atoms with Gasteiger partial charge < -0.3 is 15.2 Å². The van der Waals surface area contributed by atoms with Crippen molar-refractivity contribution in [2.75, 3.05) is 20.8 Å². The van der Waals surface area contributed by atoms with E-state index in [1.54, 1.807) is 19.2 Å². The fourth-order valence-electron chi connectivity index (χ4n) is 2.78. The van der Waals surface area contributed by atoms with Crippen molar-refractivity contribution in [3.05, 3.63) is 29.7 Å². The third kappa shape index (κ3) is 7.39. The lowest BCUT2D eigenvalue weighted by molar-refractivity contribution is 0.0561. The molecular weight excluding hydrogens is 345 g/mol. The van der Waals surface area contributed by atoms with Crippen LogP contribution in [0.25, 0.3) is 11.0 Å². The van der Waals surface area contributed by atoms with Crippen LogP contribution in [-0.2, 0) is 11.2 Å². The Balaban J connectivity index is 0.00000176. The molecule has 0 aliphatic heterocycles. The first-order valence-corrected chi connectivity index (χ1v) is 9.72. The number of hydrogen-bond donors (Lipinski definition) is 1. The van der Waals surface area contributed by atoms with E-state index >= 15 is 0 Å². The standard InChI is InChI=1S/C20H29FN2O2.CH5N/c1-5-14(2)7-6-12-25-15(3)8-9-16-17(21)13-22-18-10-11-19(24-4)23-20(16)18;1-2/h10-11,13-15H,5-9,12H2,1-4H3;2H2,1H3. The topological polar surface area (TPSA) is 70.3 Å². The lowest BCUT2D eigenvalue weighted by Crippen LogP contribution is -2.12. The van der Waals surface area contributed by atoms with Crippen LogP contribution >= 0.6 is 0 Å². The van der Waals surface area contributed by atoms with Crippen LogP contribution in [0, 0.1) is 11.7 Å². The lowest BCUT2D eigenvalue weighted by Gasteiger charge is -2.15. The Kier molecular flexibility index (Phi) is 10.8. The molecule has 2 rings (SSSR count). The van der Waals surface area contributed by atoms with E-state index in [1.807, 2.05) is 6.92 Å². The zero-order valence-electron chi connectivity index (χ0n) is 17.3. The number of aryl methyl sites for hydroxylation is 1. The van der Waals surface area contributed by atoms with Gasteiger partial charge in [-0.3, -0.25) is 4.98 Å². The van der Waals surface area contributed by atoms with Gasteiger partial charge in [0.15, 0.2) is 0 Å². The minimum Gasteiger partial charge on any atom is -0.481 e. The molecule has 0 aliphatic rings. The molecule has 0 spiro atoms. The Morgan fingerprint density at radius 3 is 2.59 bits per heavy atom. The number of fused-ring (bicyclic) bond motifs is 1. The van der Waals surface area contributed by atoms with E-state index in [-0.39, 0.29) is 11.9 Å². The fourth-order valence-corrected chi connectivity index (χ4v) is 2.78. The molecule has 0 radical (unpaired) electrons. The second kappa shape index (κ2) is 12.6. The molecule has 2 unspecified atom stereocenters. The summed E-state index contributed by atoms with van der Waals surface area (Å²) < 4.78 is 25.3. The van der Waals surface area contributed by atoms with Gasteiger partial charge in [-0.2, -0.15) is 0 Å². The number of hydrogen-bond acceptors (Lipinski definition) is 5. The van der Waals surface area contributed by atoms with Gasteiger partial charge in [-0.25, -0.2) is 9.37 Å². The number of pyridine rings is 2. The first-order chi connectivity index (χ1) is 13.0. The van der Waals surface area contributed by atoms with Crippen LogP contribution in [0.4, 0.5) is 4.39 Å². The molecular formula is C21H34FN3O2. The highest BCUT2D eigenvalue weighted by molar-refractivity contribution is 5.78. The van der Waals surface area contributed by atoms with E-state index in [0.29, 0.717) is 28.9 Å². The average molecular weight is 380 g/mol. The molecule has 2 atom stereocenters. The van der Waals surface area contributed by atoms with Crippen molar-refractivity contribution in [1.82, 2.24) is 9.97 Å². The van der Waals surface area contributed by atoms with Crippen molar-refractivity contribution in [1.29, 1.82) is 0 Å². The van der Waals surface area contributed by atoms with E-state index in [2.05, 4.69) is 29.5 Å². The minimum absolute atomic E-state index is 0.0881. The minimum atomic E-state index is -0.322. The van der Waals surface area contributed by atoms with Crippen LogP contribution in [0.1, 0.15) is 52.0 Å². The first kappa shape index (κ1) is 23.2. The molecule has 6 heteroatoms. The van der Waals surface area contributed by atoms with Crippen molar-refractivity contribution in [2.45, 2.75) is 59.0 Å². The van der Waals surface area contributed by atoms with Crippen LogP contribution in [0.15, 0.2) is 18.3 Å². The largest absolute Gasteiger partial charge is 0.481 e.